The molecule has 0 radical (unpaired) electrons. The zero-order valence-corrected chi connectivity index (χ0v) is 22.5. The van der Waals surface area contributed by atoms with Crippen LogP contribution in [0.4, 0.5) is 18.9 Å². The first-order chi connectivity index (χ1) is 16.2. The molecule has 1 fully saturated rings. The Hall–Kier alpha value is -1.03. The third kappa shape index (κ3) is 7.49. The van der Waals surface area contributed by atoms with Crippen LogP contribution in [-0.4, -0.2) is 39.9 Å². The summed E-state index contributed by atoms with van der Waals surface area (Å²) < 4.78 is 35.6. The fraction of sp³-hybridized carbons (Fsp3) is 0.364. The Morgan fingerprint density at radius 3 is 2.31 bits per heavy atom. The quantitative estimate of drug-likeness (QED) is 0.304. The fourth-order valence-electron chi connectivity index (χ4n) is 3.51. The normalized spacial score (nSPS) is 19.7. The molecule has 2 N–H and O–H groups in total. The third-order valence-electron chi connectivity index (χ3n) is 5.07. The van der Waals surface area contributed by atoms with Crippen molar-refractivity contribution < 1.29 is 22.8 Å². The number of nitrogens with one attached hydrogen (secondary N) is 2. The molecule has 0 heterocycles. The lowest BCUT2D eigenvalue weighted by Gasteiger charge is -2.15. The van der Waals surface area contributed by atoms with Gasteiger partial charge in [0, 0.05) is 33.4 Å². The fourth-order valence-corrected chi connectivity index (χ4v) is 5.87. The number of carbonyl (C=O) groups is 2. The van der Waals surface area contributed by atoms with Crippen LogP contribution in [0.2, 0.25) is 15.1 Å². The molecule has 0 aliphatic heterocycles. The monoisotopic (exact) mass is 606 g/mol. The Morgan fingerprint density at radius 2 is 1.71 bits per heavy atom. The molecule has 190 valence electrons. The van der Waals surface area contributed by atoms with Crippen molar-refractivity contribution in [3.05, 3.63) is 62.6 Å². The number of benzene rings is 2. The second-order valence-electron chi connectivity index (χ2n) is 8.02. The highest BCUT2D eigenvalue weighted by molar-refractivity contribution is 7.99. The van der Waals surface area contributed by atoms with Crippen LogP contribution >= 0.6 is 69.8 Å². The zero-order chi connectivity index (χ0) is 26.1. The maximum atomic E-state index is 12.9. The average molecular weight is 609 g/mol. The Kier molecular flexibility index (Phi) is 9.09. The van der Waals surface area contributed by atoms with Gasteiger partial charge in [-0.25, -0.2) is 0 Å². The van der Waals surface area contributed by atoms with E-state index < -0.39 is 46.0 Å². The van der Waals surface area contributed by atoms with Gasteiger partial charge in [-0.1, -0.05) is 34.8 Å². The minimum absolute atomic E-state index is 0.0501. The number of carbonyl (C=O) groups excluding carboxylic acids is 2. The van der Waals surface area contributed by atoms with Crippen molar-refractivity contribution in [2.24, 2.45) is 5.92 Å². The summed E-state index contributed by atoms with van der Waals surface area (Å²) in [4.78, 5) is 25.5. The Labute approximate surface area is 229 Å². The minimum atomic E-state index is -4.28. The van der Waals surface area contributed by atoms with E-state index in [1.165, 1.54) is 18.2 Å². The number of amides is 2. The summed E-state index contributed by atoms with van der Waals surface area (Å²) in [5, 5.41) is 6.14. The van der Waals surface area contributed by atoms with Gasteiger partial charge >= 0.3 is 6.18 Å². The molecule has 2 aromatic carbocycles. The van der Waals surface area contributed by atoms with Gasteiger partial charge in [-0.05, 0) is 48.9 Å². The second kappa shape index (κ2) is 11.2. The zero-order valence-electron chi connectivity index (χ0n) is 17.9. The summed E-state index contributed by atoms with van der Waals surface area (Å²) in [6.07, 6.45) is -4.28. The lowest BCUT2D eigenvalue weighted by Crippen LogP contribution is -2.35. The topological polar surface area (TPSA) is 58.2 Å². The van der Waals surface area contributed by atoms with Crippen LogP contribution in [0.3, 0.4) is 0 Å². The van der Waals surface area contributed by atoms with Crippen molar-refractivity contribution in [2.45, 2.75) is 29.4 Å². The van der Waals surface area contributed by atoms with Gasteiger partial charge in [0.05, 0.1) is 22.3 Å². The molecule has 3 rings (SSSR count). The molecule has 35 heavy (non-hydrogen) atoms. The molecular formula is C22H18Cl5F3N2O2S. The number of hydrogen-bond acceptors (Lipinski definition) is 3. The van der Waals surface area contributed by atoms with Crippen molar-refractivity contribution in [1.82, 2.24) is 5.32 Å². The highest BCUT2D eigenvalue weighted by Gasteiger charge is 2.67. The van der Waals surface area contributed by atoms with Gasteiger partial charge in [-0.15, -0.1) is 23.2 Å². The van der Waals surface area contributed by atoms with Crippen LogP contribution in [0.25, 0.3) is 0 Å². The molecule has 2 aromatic rings. The van der Waals surface area contributed by atoms with E-state index in [9.17, 15) is 22.8 Å². The molecule has 4 nitrogen and oxygen atoms in total. The van der Waals surface area contributed by atoms with Crippen molar-refractivity contribution in [3.63, 3.8) is 0 Å². The summed E-state index contributed by atoms with van der Waals surface area (Å²) in [5.41, 5.74) is 0.929. The van der Waals surface area contributed by atoms with Crippen LogP contribution in [0.5, 0.6) is 0 Å². The number of anilines is 1. The standard InChI is InChI=1S/C22H18Cl5F3N2O2S/c1-10(8-35-9-21(28,29)30)31-19(33)15-7-14(2-3-16(15)25)32-20(34)18-17(22(18,26)27)11-4-12(23)6-13(24)5-11/h2-7,10,17-18H,8-9H2,1H3,(H,31,33)(H,32,34)/t10-,17-,18+/m1/s1. The molecule has 1 aliphatic carbocycles. The first kappa shape index (κ1) is 28.5. The van der Waals surface area contributed by atoms with Gasteiger partial charge in [0.25, 0.3) is 5.91 Å². The average Bonchev–Trinajstić information content (AvgIpc) is 3.29. The highest BCUT2D eigenvalue weighted by Crippen LogP contribution is 2.65. The minimum Gasteiger partial charge on any atom is -0.349 e. The van der Waals surface area contributed by atoms with E-state index in [0.717, 1.165) is 0 Å². The van der Waals surface area contributed by atoms with Crippen molar-refractivity contribution in [2.75, 3.05) is 16.8 Å². The molecule has 3 atom stereocenters. The molecule has 1 aliphatic rings. The Bertz CT molecular complexity index is 1110. The molecule has 13 heteroatoms. The predicted molar refractivity (Wildman–Crippen MR) is 138 cm³/mol. The summed E-state index contributed by atoms with van der Waals surface area (Å²) >= 11 is 31.6. The number of hydrogen-bond donors (Lipinski definition) is 2. The SMILES string of the molecule is C[C@H](CSCC(F)(F)F)NC(=O)c1cc(NC(=O)[C@@H]2[C@@H](c3cc(Cl)cc(Cl)c3)C2(Cl)Cl)ccc1Cl. The molecule has 0 spiro atoms. The molecule has 2 amide bonds. The van der Waals surface area contributed by atoms with Crippen molar-refractivity contribution in [3.8, 4) is 0 Å². The van der Waals surface area contributed by atoms with E-state index in [0.29, 0.717) is 27.4 Å². The third-order valence-corrected chi connectivity index (χ3v) is 8.04. The predicted octanol–water partition coefficient (Wildman–Crippen LogP) is 7.59. The number of halogens is 8. The summed E-state index contributed by atoms with van der Waals surface area (Å²) in [6.45, 7) is 1.58. The first-order valence-electron chi connectivity index (χ1n) is 10.1. The van der Waals surface area contributed by atoms with Crippen molar-refractivity contribution >= 4 is 87.3 Å². The van der Waals surface area contributed by atoms with E-state index in [1.807, 2.05) is 0 Å². The van der Waals surface area contributed by atoms with Crippen LogP contribution in [-0.2, 0) is 4.79 Å². The number of thioether (sulfide) groups is 1. The largest absolute Gasteiger partial charge is 0.397 e. The van der Waals surface area contributed by atoms with E-state index >= 15 is 0 Å². The van der Waals surface area contributed by atoms with Gasteiger partial charge in [-0.3, -0.25) is 9.59 Å². The first-order valence-corrected chi connectivity index (χ1v) is 13.1. The lowest BCUT2D eigenvalue weighted by atomic mass is 10.1. The van der Waals surface area contributed by atoms with Crippen LogP contribution < -0.4 is 10.6 Å². The van der Waals surface area contributed by atoms with Gasteiger partial charge in [0.1, 0.15) is 4.33 Å². The van der Waals surface area contributed by atoms with Gasteiger partial charge in [0.2, 0.25) is 5.91 Å². The van der Waals surface area contributed by atoms with E-state index in [4.69, 9.17) is 58.0 Å². The summed E-state index contributed by atoms with van der Waals surface area (Å²) in [6, 6.07) is 8.54. The van der Waals surface area contributed by atoms with Crippen molar-refractivity contribution in [1.29, 1.82) is 0 Å². The summed E-state index contributed by atoms with van der Waals surface area (Å²) in [7, 11) is 0. The highest BCUT2D eigenvalue weighted by atomic mass is 35.5. The van der Waals surface area contributed by atoms with Crippen LogP contribution in [0.15, 0.2) is 36.4 Å². The van der Waals surface area contributed by atoms with E-state index in [2.05, 4.69) is 10.6 Å². The van der Waals surface area contributed by atoms with Gasteiger partial charge in [0.15, 0.2) is 0 Å². The molecule has 0 saturated heterocycles. The molecule has 0 unspecified atom stereocenters. The van der Waals surface area contributed by atoms with Gasteiger partial charge in [-0.2, -0.15) is 24.9 Å². The smallest absolute Gasteiger partial charge is 0.349 e. The Balaban J connectivity index is 1.66. The Morgan fingerprint density at radius 1 is 1.09 bits per heavy atom. The molecular weight excluding hydrogens is 591 g/mol. The lowest BCUT2D eigenvalue weighted by molar-refractivity contribution is -0.117. The van der Waals surface area contributed by atoms with Gasteiger partial charge < -0.3 is 10.6 Å². The molecule has 1 saturated carbocycles. The van der Waals surface area contributed by atoms with Crippen LogP contribution in [0.1, 0.15) is 28.8 Å². The summed E-state index contributed by atoms with van der Waals surface area (Å²) in [5.74, 6) is -3.38. The van der Waals surface area contributed by atoms with Crippen LogP contribution in [0, 0.1) is 5.92 Å². The molecule has 0 bridgehead atoms. The molecule has 0 aromatic heterocycles. The number of rotatable bonds is 8. The number of alkyl halides is 5. The second-order valence-corrected chi connectivity index (χ2v) is 11.8. The maximum Gasteiger partial charge on any atom is 0.397 e. The van der Waals surface area contributed by atoms with E-state index in [-0.39, 0.29) is 22.0 Å². The van der Waals surface area contributed by atoms with E-state index in [1.54, 1.807) is 25.1 Å². The maximum absolute atomic E-state index is 12.9.